The number of benzene rings is 1. The van der Waals surface area contributed by atoms with Crippen molar-refractivity contribution < 1.29 is 14.3 Å². The van der Waals surface area contributed by atoms with Crippen LogP contribution in [0.25, 0.3) is 0 Å². The highest BCUT2D eigenvalue weighted by molar-refractivity contribution is 6.06. The molecule has 0 amide bonds. The molecule has 0 fully saturated rings. The van der Waals surface area contributed by atoms with Gasteiger partial charge in [-0.2, -0.15) is 0 Å². The molecule has 0 aromatic heterocycles. The first kappa shape index (κ1) is 15.4. The minimum atomic E-state index is -0.438. The maximum Gasteiger partial charge on any atom is 0.313 e. The molecule has 0 unspecified atom stereocenters. The van der Waals surface area contributed by atoms with E-state index in [1.807, 2.05) is 19.1 Å². The molecule has 0 radical (unpaired) electrons. The smallest absolute Gasteiger partial charge is 0.313 e. The van der Waals surface area contributed by atoms with Crippen molar-refractivity contribution in [2.75, 3.05) is 6.61 Å². The Balaban J connectivity index is 2.78. The third-order valence-electron chi connectivity index (χ3n) is 2.96. The van der Waals surface area contributed by atoms with Crippen LogP contribution >= 0.6 is 0 Å². The summed E-state index contributed by atoms with van der Waals surface area (Å²) in [5.74, 6) is -0.599. The number of hydrogen-bond donors (Lipinski definition) is 0. The van der Waals surface area contributed by atoms with Gasteiger partial charge in [-0.3, -0.25) is 9.59 Å². The van der Waals surface area contributed by atoms with Crippen LogP contribution < -0.4 is 0 Å². The molecular formula is C16H22O3. The maximum absolute atomic E-state index is 12.1. The molecule has 1 aromatic rings. The van der Waals surface area contributed by atoms with Crippen LogP contribution in [0.3, 0.4) is 0 Å². The van der Waals surface area contributed by atoms with Gasteiger partial charge in [-0.15, -0.1) is 0 Å². The predicted molar refractivity (Wildman–Crippen MR) is 75.4 cm³/mol. The molecule has 0 saturated carbocycles. The van der Waals surface area contributed by atoms with Crippen LogP contribution in [-0.2, 0) is 22.4 Å². The van der Waals surface area contributed by atoms with E-state index in [0.717, 1.165) is 30.4 Å². The molecule has 3 heteroatoms. The SMILES string of the molecule is CCCOC(=O)CC(=O)c1cc(CC)cc(CC)c1. The molecule has 19 heavy (non-hydrogen) atoms. The number of Topliss-reactive ketones (excluding diaryl/α,β-unsaturated/α-hetero) is 1. The number of ketones is 1. The van der Waals surface area contributed by atoms with Gasteiger partial charge in [-0.1, -0.05) is 26.8 Å². The third kappa shape index (κ3) is 4.86. The lowest BCUT2D eigenvalue weighted by atomic mass is 9.99. The van der Waals surface area contributed by atoms with Crippen molar-refractivity contribution in [3.8, 4) is 0 Å². The van der Waals surface area contributed by atoms with E-state index >= 15 is 0 Å². The quantitative estimate of drug-likeness (QED) is 0.430. The summed E-state index contributed by atoms with van der Waals surface area (Å²) in [4.78, 5) is 23.5. The Labute approximate surface area is 115 Å². The summed E-state index contributed by atoms with van der Waals surface area (Å²) < 4.78 is 4.94. The van der Waals surface area contributed by atoms with Crippen LogP contribution in [0.4, 0.5) is 0 Å². The van der Waals surface area contributed by atoms with E-state index < -0.39 is 5.97 Å². The molecule has 0 aliphatic heterocycles. The fraction of sp³-hybridized carbons (Fsp3) is 0.500. The third-order valence-corrected chi connectivity index (χ3v) is 2.96. The second-order valence-corrected chi connectivity index (χ2v) is 4.57. The average Bonchev–Trinajstić information content (AvgIpc) is 2.44. The molecule has 0 atom stereocenters. The van der Waals surface area contributed by atoms with Crippen molar-refractivity contribution >= 4 is 11.8 Å². The topological polar surface area (TPSA) is 43.4 Å². The summed E-state index contributed by atoms with van der Waals surface area (Å²) in [5.41, 5.74) is 2.87. The Kier molecular flexibility index (Phi) is 6.26. The highest BCUT2D eigenvalue weighted by Crippen LogP contribution is 2.14. The Morgan fingerprint density at radius 3 is 2.05 bits per heavy atom. The van der Waals surface area contributed by atoms with E-state index in [9.17, 15) is 9.59 Å². The number of aryl methyl sites for hydroxylation is 2. The van der Waals surface area contributed by atoms with Crippen molar-refractivity contribution in [1.82, 2.24) is 0 Å². The van der Waals surface area contributed by atoms with Gasteiger partial charge in [-0.05, 0) is 42.5 Å². The lowest BCUT2D eigenvalue weighted by molar-refractivity contribution is -0.142. The predicted octanol–water partition coefficient (Wildman–Crippen LogP) is 3.34. The molecule has 0 N–H and O–H groups in total. The van der Waals surface area contributed by atoms with Gasteiger partial charge in [0.1, 0.15) is 6.42 Å². The van der Waals surface area contributed by atoms with Crippen LogP contribution in [0.1, 0.15) is 55.1 Å². The minimum Gasteiger partial charge on any atom is -0.465 e. The zero-order valence-corrected chi connectivity index (χ0v) is 12.0. The van der Waals surface area contributed by atoms with Crippen molar-refractivity contribution in [2.45, 2.75) is 46.5 Å². The average molecular weight is 262 g/mol. The molecule has 0 bridgehead atoms. The van der Waals surface area contributed by atoms with Gasteiger partial charge < -0.3 is 4.74 Å². The highest BCUT2D eigenvalue weighted by atomic mass is 16.5. The number of hydrogen-bond acceptors (Lipinski definition) is 3. The van der Waals surface area contributed by atoms with Crippen LogP contribution in [0.5, 0.6) is 0 Å². The Morgan fingerprint density at radius 1 is 1.00 bits per heavy atom. The van der Waals surface area contributed by atoms with E-state index in [1.54, 1.807) is 0 Å². The van der Waals surface area contributed by atoms with Gasteiger partial charge in [0.25, 0.3) is 0 Å². The van der Waals surface area contributed by atoms with Crippen LogP contribution in [-0.4, -0.2) is 18.4 Å². The molecule has 0 aliphatic rings. The van der Waals surface area contributed by atoms with Gasteiger partial charge in [0.05, 0.1) is 6.61 Å². The minimum absolute atomic E-state index is 0.161. The fourth-order valence-corrected chi connectivity index (χ4v) is 1.83. The van der Waals surface area contributed by atoms with Crippen molar-refractivity contribution in [1.29, 1.82) is 0 Å². The molecule has 0 spiro atoms. The summed E-state index contributed by atoms with van der Waals surface area (Å²) in [5, 5.41) is 0. The largest absolute Gasteiger partial charge is 0.465 e. The molecular weight excluding hydrogens is 240 g/mol. The number of rotatable bonds is 7. The second-order valence-electron chi connectivity index (χ2n) is 4.57. The molecule has 0 heterocycles. The van der Waals surface area contributed by atoms with Crippen LogP contribution in [0, 0.1) is 0 Å². The molecule has 104 valence electrons. The van der Waals surface area contributed by atoms with Crippen molar-refractivity contribution in [3.05, 3.63) is 34.9 Å². The Hall–Kier alpha value is -1.64. The fourth-order valence-electron chi connectivity index (χ4n) is 1.83. The van der Waals surface area contributed by atoms with Gasteiger partial charge in [-0.25, -0.2) is 0 Å². The van der Waals surface area contributed by atoms with E-state index in [2.05, 4.69) is 19.9 Å². The molecule has 1 rings (SSSR count). The zero-order valence-electron chi connectivity index (χ0n) is 12.0. The maximum atomic E-state index is 12.1. The summed E-state index contributed by atoms with van der Waals surface area (Å²) >= 11 is 0. The van der Waals surface area contributed by atoms with E-state index in [1.165, 1.54) is 0 Å². The van der Waals surface area contributed by atoms with Crippen LogP contribution in [0.2, 0.25) is 0 Å². The molecule has 0 saturated heterocycles. The summed E-state index contributed by atoms with van der Waals surface area (Å²) in [6, 6.07) is 5.84. The van der Waals surface area contributed by atoms with E-state index in [4.69, 9.17) is 4.74 Å². The number of esters is 1. The first-order valence-corrected chi connectivity index (χ1v) is 6.92. The number of ether oxygens (including phenoxy) is 1. The van der Waals surface area contributed by atoms with Gasteiger partial charge in [0.15, 0.2) is 5.78 Å². The number of carbonyl (C=O) groups is 2. The molecule has 3 nitrogen and oxygen atoms in total. The summed E-state index contributed by atoms with van der Waals surface area (Å²) in [7, 11) is 0. The normalized spacial score (nSPS) is 10.3. The van der Waals surface area contributed by atoms with Crippen LogP contribution in [0.15, 0.2) is 18.2 Å². The second kappa shape index (κ2) is 7.72. The first-order valence-electron chi connectivity index (χ1n) is 6.92. The Bertz CT molecular complexity index is 427. The van der Waals surface area contributed by atoms with Crippen molar-refractivity contribution in [2.24, 2.45) is 0 Å². The highest BCUT2D eigenvalue weighted by Gasteiger charge is 2.14. The van der Waals surface area contributed by atoms with Crippen molar-refractivity contribution in [3.63, 3.8) is 0 Å². The summed E-state index contributed by atoms with van der Waals surface area (Å²) in [6.45, 7) is 6.41. The monoisotopic (exact) mass is 262 g/mol. The van der Waals surface area contributed by atoms with E-state index in [-0.39, 0.29) is 12.2 Å². The summed E-state index contributed by atoms with van der Waals surface area (Å²) in [6.07, 6.45) is 2.37. The Morgan fingerprint density at radius 2 is 1.58 bits per heavy atom. The molecule has 0 aliphatic carbocycles. The first-order chi connectivity index (χ1) is 9.10. The van der Waals surface area contributed by atoms with Gasteiger partial charge >= 0.3 is 5.97 Å². The lowest BCUT2D eigenvalue weighted by Gasteiger charge is -2.07. The standard InChI is InChI=1S/C16H22O3/c1-4-7-19-16(18)11-15(17)14-9-12(5-2)8-13(6-3)10-14/h8-10H,4-7,11H2,1-3H3. The number of carbonyl (C=O) groups excluding carboxylic acids is 2. The van der Waals surface area contributed by atoms with E-state index in [0.29, 0.717) is 12.2 Å². The lowest BCUT2D eigenvalue weighted by Crippen LogP contribution is -2.12. The van der Waals surface area contributed by atoms with Gasteiger partial charge in [0, 0.05) is 5.56 Å². The zero-order chi connectivity index (χ0) is 14.3. The molecule has 1 aromatic carbocycles. The van der Waals surface area contributed by atoms with Gasteiger partial charge in [0.2, 0.25) is 0 Å².